The Hall–Kier alpha value is -1.30. The van der Waals surface area contributed by atoms with Crippen LogP contribution in [-0.2, 0) is 9.53 Å². The topological polar surface area (TPSA) is 78.9 Å². The maximum absolute atomic E-state index is 12.3. The number of hydrogen-bond donors (Lipinski definition) is 2. The summed E-state index contributed by atoms with van der Waals surface area (Å²) in [5, 5.41) is 11.9. The molecule has 6 heteroatoms. The summed E-state index contributed by atoms with van der Waals surface area (Å²) >= 11 is 0. The van der Waals surface area contributed by atoms with Gasteiger partial charge in [-0.05, 0) is 33.1 Å². The lowest BCUT2D eigenvalue weighted by atomic mass is 9.95. The number of amides is 2. The maximum atomic E-state index is 12.3. The Morgan fingerprint density at radius 3 is 2.84 bits per heavy atom. The largest absolute Gasteiger partial charge is 0.481 e. The minimum Gasteiger partial charge on any atom is -0.481 e. The summed E-state index contributed by atoms with van der Waals surface area (Å²) in [7, 11) is 0. The number of hydrogen-bond acceptors (Lipinski definition) is 3. The molecule has 3 unspecified atom stereocenters. The van der Waals surface area contributed by atoms with Crippen LogP contribution in [0.25, 0.3) is 0 Å². The number of carboxylic acids is 1. The number of urea groups is 1. The molecule has 2 heterocycles. The Kier molecular flexibility index (Phi) is 3.99. The van der Waals surface area contributed by atoms with Gasteiger partial charge in [0.2, 0.25) is 0 Å². The Labute approximate surface area is 113 Å². The van der Waals surface area contributed by atoms with E-state index in [1.54, 1.807) is 4.90 Å². The van der Waals surface area contributed by atoms with Crippen molar-refractivity contribution >= 4 is 12.0 Å². The smallest absolute Gasteiger partial charge is 0.318 e. The SMILES string of the molecule is CC1OCCC1(C)NC(=O)N1CCCC1CC(=O)O. The van der Waals surface area contributed by atoms with E-state index >= 15 is 0 Å². The van der Waals surface area contributed by atoms with Crippen LogP contribution in [0, 0.1) is 0 Å². The fraction of sp³-hybridized carbons (Fsp3) is 0.846. The fourth-order valence-electron chi connectivity index (χ4n) is 2.83. The molecule has 0 saturated carbocycles. The standard InChI is InChI=1S/C13H22N2O4/c1-9-13(2,5-7-19-9)14-12(18)15-6-3-4-10(15)8-11(16)17/h9-10H,3-8H2,1-2H3,(H,14,18)(H,16,17). The number of nitrogens with zero attached hydrogens (tertiary/aromatic N) is 1. The summed E-state index contributed by atoms with van der Waals surface area (Å²) in [5.74, 6) is -0.853. The number of carbonyl (C=O) groups excluding carboxylic acids is 1. The van der Waals surface area contributed by atoms with Crippen LogP contribution in [0.15, 0.2) is 0 Å². The molecule has 3 atom stereocenters. The second-order valence-electron chi connectivity index (χ2n) is 5.70. The zero-order valence-corrected chi connectivity index (χ0v) is 11.5. The van der Waals surface area contributed by atoms with Crippen molar-refractivity contribution in [3.05, 3.63) is 0 Å². The first-order valence-corrected chi connectivity index (χ1v) is 6.84. The van der Waals surface area contributed by atoms with Crippen LogP contribution in [-0.4, -0.2) is 52.8 Å². The molecule has 6 nitrogen and oxygen atoms in total. The molecule has 0 aliphatic carbocycles. The van der Waals surface area contributed by atoms with E-state index < -0.39 is 5.97 Å². The number of carboxylic acid groups (broad SMARTS) is 1. The minimum atomic E-state index is -0.853. The van der Waals surface area contributed by atoms with Gasteiger partial charge in [-0.2, -0.15) is 0 Å². The highest BCUT2D eigenvalue weighted by Gasteiger charge is 2.40. The van der Waals surface area contributed by atoms with Crippen molar-refractivity contribution < 1.29 is 19.4 Å². The number of aliphatic carboxylic acids is 1. The summed E-state index contributed by atoms with van der Waals surface area (Å²) in [6, 6.07) is -0.345. The second kappa shape index (κ2) is 5.36. The third-order valence-corrected chi connectivity index (χ3v) is 4.33. The molecule has 2 rings (SSSR count). The number of nitrogens with one attached hydrogen (secondary N) is 1. The summed E-state index contributed by atoms with van der Waals surface area (Å²) in [4.78, 5) is 24.8. The molecule has 2 saturated heterocycles. The molecule has 0 bridgehead atoms. The van der Waals surface area contributed by atoms with Crippen LogP contribution in [0.3, 0.4) is 0 Å². The first-order valence-electron chi connectivity index (χ1n) is 6.84. The third kappa shape index (κ3) is 3.00. The average Bonchev–Trinajstić information content (AvgIpc) is 2.87. The molecular weight excluding hydrogens is 248 g/mol. The van der Waals surface area contributed by atoms with Crippen molar-refractivity contribution in [2.24, 2.45) is 0 Å². The van der Waals surface area contributed by atoms with Crippen molar-refractivity contribution in [2.75, 3.05) is 13.2 Å². The van der Waals surface area contributed by atoms with Crippen molar-refractivity contribution in [3.8, 4) is 0 Å². The predicted molar refractivity (Wildman–Crippen MR) is 68.9 cm³/mol. The lowest BCUT2D eigenvalue weighted by Crippen LogP contribution is -2.56. The molecule has 2 aliphatic rings. The van der Waals surface area contributed by atoms with E-state index in [2.05, 4.69) is 5.32 Å². The van der Waals surface area contributed by atoms with Crippen LogP contribution in [0.2, 0.25) is 0 Å². The monoisotopic (exact) mass is 270 g/mol. The number of likely N-dealkylation sites (tertiary alicyclic amines) is 1. The molecule has 108 valence electrons. The van der Waals surface area contributed by atoms with Gasteiger partial charge in [0.1, 0.15) is 0 Å². The van der Waals surface area contributed by atoms with E-state index in [4.69, 9.17) is 9.84 Å². The van der Waals surface area contributed by atoms with Gasteiger partial charge in [0.25, 0.3) is 0 Å². The number of carbonyl (C=O) groups is 2. The Balaban J connectivity index is 1.97. The Morgan fingerprint density at radius 1 is 1.53 bits per heavy atom. The van der Waals surface area contributed by atoms with Crippen LogP contribution in [0.5, 0.6) is 0 Å². The predicted octanol–water partition coefficient (Wildman–Crippen LogP) is 1.20. The highest BCUT2D eigenvalue weighted by Crippen LogP contribution is 2.27. The molecule has 2 fully saturated rings. The van der Waals surface area contributed by atoms with Crippen molar-refractivity contribution in [1.29, 1.82) is 0 Å². The Bertz CT molecular complexity index is 374. The van der Waals surface area contributed by atoms with Crippen LogP contribution >= 0.6 is 0 Å². The lowest BCUT2D eigenvalue weighted by molar-refractivity contribution is -0.137. The van der Waals surface area contributed by atoms with Crippen LogP contribution in [0.1, 0.15) is 39.5 Å². The van der Waals surface area contributed by atoms with Gasteiger partial charge in [0, 0.05) is 19.2 Å². The quantitative estimate of drug-likeness (QED) is 0.807. The van der Waals surface area contributed by atoms with E-state index in [9.17, 15) is 9.59 Å². The molecule has 19 heavy (non-hydrogen) atoms. The fourth-order valence-corrected chi connectivity index (χ4v) is 2.83. The minimum absolute atomic E-state index is 0.0167. The molecule has 0 spiro atoms. The third-order valence-electron chi connectivity index (χ3n) is 4.33. The average molecular weight is 270 g/mol. The molecule has 0 aromatic carbocycles. The summed E-state index contributed by atoms with van der Waals surface area (Å²) in [6.45, 7) is 5.21. The highest BCUT2D eigenvalue weighted by molar-refractivity contribution is 5.77. The summed E-state index contributed by atoms with van der Waals surface area (Å²) < 4.78 is 5.50. The maximum Gasteiger partial charge on any atom is 0.318 e. The molecule has 0 aromatic rings. The van der Waals surface area contributed by atoms with E-state index in [-0.39, 0.29) is 30.1 Å². The molecule has 2 amide bonds. The van der Waals surface area contributed by atoms with E-state index in [1.807, 2.05) is 13.8 Å². The van der Waals surface area contributed by atoms with Crippen molar-refractivity contribution in [1.82, 2.24) is 10.2 Å². The summed E-state index contributed by atoms with van der Waals surface area (Å²) in [5.41, 5.74) is -0.354. The lowest BCUT2D eigenvalue weighted by Gasteiger charge is -2.33. The molecule has 0 radical (unpaired) electrons. The second-order valence-corrected chi connectivity index (χ2v) is 5.70. The van der Waals surface area contributed by atoms with Gasteiger partial charge in [-0.3, -0.25) is 4.79 Å². The Morgan fingerprint density at radius 2 is 2.26 bits per heavy atom. The summed E-state index contributed by atoms with van der Waals surface area (Å²) in [6.07, 6.45) is 2.43. The van der Waals surface area contributed by atoms with Gasteiger partial charge in [0.15, 0.2) is 0 Å². The molecule has 0 aromatic heterocycles. The van der Waals surface area contributed by atoms with E-state index in [1.165, 1.54) is 0 Å². The van der Waals surface area contributed by atoms with Crippen molar-refractivity contribution in [2.45, 2.75) is 57.2 Å². The first kappa shape index (κ1) is 14.1. The van der Waals surface area contributed by atoms with Gasteiger partial charge in [0.05, 0.1) is 18.1 Å². The van der Waals surface area contributed by atoms with Crippen LogP contribution in [0.4, 0.5) is 4.79 Å². The zero-order chi connectivity index (χ0) is 14.0. The van der Waals surface area contributed by atoms with Gasteiger partial charge in [-0.15, -0.1) is 0 Å². The van der Waals surface area contributed by atoms with Gasteiger partial charge in [-0.1, -0.05) is 0 Å². The van der Waals surface area contributed by atoms with Crippen LogP contribution < -0.4 is 5.32 Å². The van der Waals surface area contributed by atoms with Gasteiger partial charge < -0.3 is 20.1 Å². The molecular formula is C13H22N2O4. The van der Waals surface area contributed by atoms with Gasteiger partial charge in [-0.25, -0.2) is 4.79 Å². The normalized spacial score (nSPS) is 34.5. The van der Waals surface area contributed by atoms with Gasteiger partial charge >= 0.3 is 12.0 Å². The molecule has 2 aliphatic heterocycles. The molecule has 2 N–H and O–H groups in total. The van der Waals surface area contributed by atoms with E-state index in [0.29, 0.717) is 13.2 Å². The zero-order valence-electron chi connectivity index (χ0n) is 11.5. The van der Waals surface area contributed by atoms with Crippen molar-refractivity contribution in [3.63, 3.8) is 0 Å². The van der Waals surface area contributed by atoms with E-state index in [0.717, 1.165) is 19.3 Å². The number of rotatable bonds is 3. The number of ether oxygens (including phenoxy) is 1. The highest BCUT2D eigenvalue weighted by atomic mass is 16.5. The first-order chi connectivity index (χ1) is 8.92.